The summed E-state index contributed by atoms with van der Waals surface area (Å²) in [6.07, 6.45) is 4.02. The van der Waals surface area contributed by atoms with E-state index in [0.29, 0.717) is 42.3 Å². The smallest absolute Gasteiger partial charge is 0.262 e. The second-order valence-electron chi connectivity index (χ2n) is 14.7. The predicted molar refractivity (Wildman–Crippen MR) is 148 cm³/mol. The summed E-state index contributed by atoms with van der Waals surface area (Å²) >= 11 is 0. The quantitative estimate of drug-likeness (QED) is 0.296. The molecule has 1 saturated carbocycles. The maximum Gasteiger partial charge on any atom is 0.262 e. The van der Waals surface area contributed by atoms with E-state index < -0.39 is 12.1 Å². The Morgan fingerprint density at radius 2 is 1.38 bits per heavy atom. The third-order valence-electron chi connectivity index (χ3n) is 10.9. The molecule has 3 saturated heterocycles. The Balaban J connectivity index is 1.46. The van der Waals surface area contributed by atoms with Crippen molar-refractivity contribution in [2.24, 2.45) is 23.7 Å². The van der Waals surface area contributed by atoms with Gasteiger partial charge >= 0.3 is 0 Å². The Morgan fingerprint density at radius 3 is 1.92 bits per heavy atom. The SMILES string of the molecule is CC(CC1C(F)CC(C(C)CC2CC3CC3(C(C)C)N2C(C)C)N1C(C)C)C1CC(F)(F)CN1C(C)C. The summed E-state index contributed by atoms with van der Waals surface area (Å²) in [5, 5.41) is 0. The highest BCUT2D eigenvalue weighted by Crippen LogP contribution is 2.63. The number of likely N-dealkylation sites (tertiary alicyclic amines) is 3. The minimum Gasteiger partial charge on any atom is -0.292 e. The molecular weight excluding hydrogens is 471 g/mol. The molecule has 4 rings (SSSR count). The van der Waals surface area contributed by atoms with Crippen LogP contribution in [-0.2, 0) is 0 Å². The van der Waals surface area contributed by atoms with E-state index in [2.05, 4.69) is 65.2 Å². The van der Waals surface area contributed by atoms with E-state index >= 15 is 4.39 Å². The molecule has 0 aromatic carbocycles. The van der Waals surface area contributed by atoms with Crippen LogP contribution in [0.15, 0.2) is 0 Å². The van der Waals surface area contributed by atoms with E-state index in [-0.39, 0.29) is 49.1 Å². The molecule has 3 heterocycles. The number of piperidine rings is 1. The van der Waals surface area contributed by atoms with Crippen molar-refractivity contribution in [3.05, 3.63) is 0 Å². The number of fused-ring (bicyclic) bond motifs is 1. The molecule has 37 heavy (non-hydrogen) atoms. The lowest BCUT2D eigenvalue weighted by Gasteiger charge is -2.43. The fourth-order valence-corrected chi connectivity index (χ4v) is 9.43. The van der Waals surface area contributed by atoms with Crippen LogP contribution < -0.4 is 0 Å². The molecule has 0 aromatic heterocycles. The van der Waals surface area contributed by atoms with Crippen LogP contribution in [0.1, 0.15) is 108 Å². The van der Waals surface area contributed by atoms with Crippen LogP contribution in [0, 0.1) is 23.7 Å². The van der Waals surface area contributed by atoms with Gasteiger partial charge in [-0.2, -0.15) is 0 Å². The monoisotopic (exact) mass is 527 g/mol. The second-order valence-corrected chi connectivity index (χ2v) is 14.7. The zero-order valence-electron chi connectivity index (χ0n) is 25.4. The van der Waals surface area contributed by atoms with Gasteiger partial charge in [-0.3, -0.25) is 14.7 Å². The normalized spacial score (nSPS) is 40.5. The van der Waals surface area contributed by atoms with Crippen molar-refractivity contribution in [2.75, 3.05) is 6.54 Å². The summed E-state index contributed by atoms with van der Waals surface area (Å²) < 4.78 is 44.6. The summed E-state index contributed by atoms with van der Waals surface area (Å²) in [4.78, 5) is 7.25. The van der Waals surface area contributed by atoms with E-state index in [0.717, 1.165) is 12.3 Å². The van der Waals surface area contributed by atoms with Crippen LogP contribution in [0.2, 0.25) is 0 Å². The number of nitrogens with zero attached hydrogens (tertiary/aromatic N) is 3. The van der Waals surface area contributed by atoms with Crippen molar-refractivity contribution < 1.29 is 13.2 Å². The highest BCUT2D eigenvalue weighted by molar-refractivity contribution is 5.21. The van der Waals surface area contributed by atoms with Crippen molar-refractivity contribution in [3.8, 4) is 0 Å². The predicted octanol–water partition coefficient (Wildman–Crippen LogP) is 7.24. The van der Waals surface area contributed by atoms with Crippen molar-refractivity contribution in [1.82, 2.24) is 14.7 Å². The molecule has 0 spiro atoms. The van der Waals surface area contributed by atoms with Gasteiger partial charge in [0, 0.05) is 54.3 Å². The Hall–Kier alpha value is -0.330. The molecule has 3 nitrogen and oxygen atoms in total. The molecule has 216 valence electrons. The Labute approximate surface area is 225 Å². The number of alkyl halides is 3. The minimum absolute atomic E-state index is 0.0404. The van der Waals surface area contributed by atoms with Gasteiger partial charge < -0.3 is 0 Å². The van der Waals surface area contributed by atoms with Gasteiger partial charge in [0.25, 0.3) is 5.92 Å². The first kappa shape index (κ1) is 29.6. The number of hydrogen-bond acceptors (Lipinski definition) is 3. The lowest BCUT2D eigenvalue weighted by molar-refractivity contribution is 0.00912. The van der Waals surface area contributed by atoms with Gasteiger partial charge in [0.05, 0.1) is 6.54 Å². The van der Waals surface area contributed by atoms with E-state index in [4.69, 9.17) is 0 Å². The Bertz CT molecular complexity index is 786. The summed E-state index contributed by atoms with van der Waals surface area (Å²) in [6, 6.07) is 1.32. The first-order chi connectivity index (χ1) is 17.1. The fourth-order valence-electron chi connectivity index (χ4n) is 9.43. The van der Waals surface area contributed by atoms with Crippen molar-refractivity contribution in [3.63, 3.8) is 0 Å². The van der Waals surface area contributed by atoms with Crippen molar-refractivity contribution in [1.29, 1.82) is 0 Å². The van der Waals surface area contributed by atoms with Gasteiger partial charge in [0.1, 0.15) is 6.17 Å². The van der Waals surface area contributed by atoms with Gasteiger partial charge in [-0.05, 0) is 97.3 Å². The van der Waals surface area contributed by atoms with Gasteiger partial charge in [-0.1, -0.05) is 27.7 Å². The van der Waals surface area contributed by atoms with Crippen LogP contribution >= 0.6 is 0 Å². The zero-order valence-corrected chi connectivity index (χ0v) is 25.4. The average molecular weight is 528 g/mol. The molecule has 6 heteroatoms. The highest BCUT2D eigenvalue weighted by atomic mass is 19.3. The molecule has 9 unspecified atom stereocenters. The number of halogens is 3. The zero-order chi connectivity index (χ0) is 27.6. The maximum absolute atomic E-state index is 15.8. The molecule has 0 radical (unpaired) electrons. The molecule has 0 amide bonds. The van der Waals surface area contributed by atoms with Crippen LogP contribution in [0.4, 0.5) is 13.2 Å². The molecule has 3 aliphatic heterocycles. The Kier molecular flexibility index (Phi) is 8.47. The summed E-state index contributed by atoms with van der Waals surface area (Å²) in [5.41, 5.74) is 0.387. The molecule has 4 aliphatic rings. The Morgan fingerprint density at radius 1 is 0.757 bits per heavy atom. The first-order valence-electron chi connectivity index (χ1n) is 15.4. The van der Waals surface area contributed by atoms with Crippen molar-refractivity contribution >= 4 is 0 Å². The van der Waals surface area contributed by atoms with Crippen LogP contribution in [0.25, 0.3) is 0 Å². The number of hydrogen-bond donors (Lipinski definition) is 0. The fraction of sp³-hybridized carbons (Fsp3) is 1.00. The third kappa shape index (κ3) is 5.38. The summed E-state index contributed by atoms with van der Waals surface area (Å²) in [7, 11) is 0. The largest absolute Gasteiger partial charge is 0.292 e. The van der Waals surface area contributed by atoms with Gasteiger partial charge in [0.2, 0.25) is 0 Å². The van der Waals surface area contributed by atoms with E-state index in [1.54, 1.807) is 0 Å². The molecule has 0 N–H and O–H groups in total. The van der Waals surface area contributed by atoms with Crippen LogP contribution in [0.5, 0.6) is 0 Å². The van der Waals surface area contributed by atoms with Crippen LogP contribution in [-0.4, -0.2) is 81.2 Å². The third-order valence-corrected chi connectivity index (χ3v) is 10.9. The lowest BCUT2D eigenvalue weighted by Crippen LogP contribution is -2.51. The second kappa shape index (κ2) is 10.6. The van der Waals surface area contributed by atoms with Gasteiger partial charge in [-0.15, -0.1) is 0 Å². The minimum atomic E-state index is -2.64. The first-order valence-corrected chi connectivity index (χ1v) is 15.4. The van der Waals surface area contributed by atoms with Gasteiger partial charge in [0.15, 0.2) is 0 Å². The van der Waals surface area contributed by atoms with Crippen LogP contribution in [0.3, 0.4) is 0 Å². The van der Waals surface area contributed by atoms with E-state index in [1.165, 1.54) is 12.8 Å². The average Bonchev–Trinajstić information content (AvgIpc) is 3.06. The van der Waals surface area contributed by atoms with E-state index in [9.17, 15) is 8.78 Å². The molecule has 0 aromatic rings. The molecule has 0 bridgehead atoms. The van der Waals surface area contributed by atoms with Gasteiger partial charge in [-0.25, -0.2) is 13.2 Å². The molecular formula is C31H56F3N3. The molecule has 4 fully saturated rings. The highest BCUT2D eigenvalue weighted by Gasteiger charge is 2.66. The van der Waals surface area contributed by atoms with E-state index in [1.807, 2.05) is 18.7 Å². The molecule has 9 atom stereocenters. The molecule has 1 aliphatic carbocycles. The number of rotatable bonds is 10. The topological polar surface area (TPSA) is 9.72 Å². The lowest BCUT2D eigenvalue weighted by atomic mass is 9.89. The summed E-state index contributed by atoms with van der Waals surface area (Å²) in [6.45, 7) is 22.1. The standard InChI is InChI=1S/C31H56F3N3/c1-18(2)31-15-24(31)13-25(37(31)21(7)8)11-22(9)27-14-26(32)28(36(27)20(5)6)12-23(10)29-16-30(33,34)17-35(29)19(3)4/h18-29H,11-17H2,1-10H3. The van der Waals surface area contributed by atoms with Crippen molar-refractivity contribution in [2.45, 2.75) is 168 Å². The summed E-state index contributed by atoms with van der Waals surface area (Å²) in [5.74, 6) is -0.683. The maximum atomic E-state index is 15.8.